The molecule has 0 atom stereocenters. The fourth-order valence-electron chi connectivity index (χ4n) is 1.60. The fraction of sp³-hybridized carbons (Fsp3) is 0.385. The number of alkyl halides is 3. The second-order valence-corrected chi connectivity index (χ2v) is 4.38. The highest BCUT2D eigenvalue weighted by Crippen LogP contribution is 2.34. The van der Waals surface area contributed by atoms with Crippen molar-refractivity contribution in [3.05, 3.63) is 23.8 Å². The van der Waals surface area contributed by atoms with Gasteiger partial charge in [0, 0.05) is 13.3 Å². The summed E-state index contributed by atoms with van der Waals surface area (Å²) >= 11 is 0. The van der Waals surface area contributed by atoms with Crippen LogP contribution in [0.15, 0.2) is 18.2 Å². The number of amides is 2. The van der Waals surface area contributed by atoms with Gasteiger partial charge in [-0.1, -0.05) is 0 Å². The zero-order chi connectivity index (χ0) is 16.0. The van der Waals surface area contributed by atoms with Crippen molar-refractivity contribution in [3.63, 3.8) is 0 Å². The molecule has 0 aliphatic heterocycles. The average molecular weight is 303 g/mol. The van der Waals surface area contributed by atoms with Crippen molar-refractivity contribution >= 4 is 23.2 Å². The van der Waals surface area contributed by atoms with E-state index >= 15 is 0 Å². The van der Waals surface area contributed by atoms with E-state index in [1.165, 1.54) is 6.92 Å². The van der Waals surface area contributed by atoms with Gasteiger partial charge >= 0.3 is 6.18 Å². The number of hydrogen-bond donors (Lipinski definition) is 3. The van der Waals surface area contributed by atoms with Gasteiger partial charge in [-0.25, -0.2) is 0 Å². The van der Waals surface area contributed by atoms with Crippen LogP contribution in [0, 0.1) is 0 Å². The highest BCUT2D eigenvalue weighted by atomic mass is 19.4. The lowest BCUT2D eigenvalue weighted by atomic mass is 10.1. The maximum atomic E-state index is 12.7. The monoisotopic (exact) mass is 303 g/mol. The number of nitrogens with two attached hydrogens (primary N) is 1. The normalized spacial score (nSPS) is 11.1. The van der Waals surface area contributed by atoms with Crippen LogP contribution in [0.5, 0.6) is 0 Å². The number of carbonyl (C=O) groups is 2. The van der Waals surface area contributed by atoms with Gasteiger partial charge in [0.1, 0.15) is 0 Å². The highest BCUT2D eigenvalue weighted by Gasteiger charge is 2.31. The number of anilines is 2. The van der Waals surface area contributed by atoms with Gasteiger partial charge in [-0.15, -0.1) is 0 Å². The summed E-state index contributed by atoms with van der Waals surface area (Å²) in [7, 11) is 0. The second-order valence-electron chi connectivity index (χ2n) is 4.38. The van der Waals surface area contributed by atoms with Crippen LogP contribution < -0.4 is 16.4 Å². The first-order valence-electron chi connectivity index (χ1n) is 6.23. The number of nitrogens with one attached hydrogen (secondary N) is 2. The van der Waals surface area contributed by atoms with Crippen molar-refractivity contribution in [2.24, 2.45) is 5.73 Å². The molecule has 21 heavy (non-hydrogen) atoms. The Morgan fingerprint density at radius 1 is 1.19 bits per heavy atom. The van der Waals surface area contributed by atoms with Gasteiger partial charge in [0.2, 0.25) is 11.8 Å². The number of benzene rings is 1. The lowest BCUT2D eigenvalue weighted by Crippen LogP contribution is -2.17. The SMILES string of the molecule is CC(=O)Nc1ccc(C(F)(F)F)cc1NC(=O)CCCN. The Kier molecular flexibility index (Phi) is 5.71. The molecule has 0 radical (unpaired) electrons. The molecule has 4 N–H and O–H groups in total. The van der Waals surface area contributed by atoms with Gasteiger partial charge in [-0.05, 0) is 31.2 Å². The number of rotatable bonds is 5. The number of carbonyl (C=O) groups excluding carboxylic acids is 2. The molecule has 0 saturated heterocycles. The summed E-state index contributed by atoms with van der Waals surface area (Å²) in [5.41, 5.74) is 4.36. The topological polar surface area (TPSA) is 84.2 Å². The maximum absolute atomic E-state index is 12.7. The molecule has 0 bridgehead atoms. The molecule has 0 aliphatic rings. The van der Waals surface area contributed by atoms with Crippen LogP contribution in [-0.2, 0) is 15.8 Å². The first kappa shape index (κ1) is 17.0. The minimum Gasteiger partial charge on any atom is -0.330 e. The average Bonchev–Trinajstić information content (AvgIpc) is 2.36. The Hall–Kier alpha value is -2.09. The van der Waals surface area contributed by atoms with Crippen LogP contribution in [0.2, 0.25) is 0 Å². The number of halogens is 3. The summed E-state index contributed by atoms with van der Waals surface area (Å²) < 4.78 is 38.1. The summed E-state index contributed by atoms with van der Waals surface area (Å²) in [5, 5.41) is 4.72. The summed E-state index contributed by atoms with van der Waals surface area (Å²) in [6.45, 7) is 1.52. The molecule has 5 nitrogen and oxygen atoms in total. The minimum atomic E-state index is -4.54. The van der Waals surface area contributed by atoms with Crippen LogP contribution in [0.1, 0.15) is 25.3 Å². The zero-order valence-corrected chi connectivity index (χ0v) is 11.4. The van der Waals surface area contributed by atoms with Crippen molar-refractivity contribution in [3.8, 4) is 0 Å². The van der Waals surface area contributed by atoms with Gasteiger partial charge in [0.05, 0.1) is 16.9 Å². The van der Waals surface area contributed by atoms with Crippen LogP contribution >= 0.6 is 0 Å². The first-order valence-corrected chi connectivity index (χ1v) is 6.23. The van der Waals surface area contributed by atoms with Crippen molar-refractivity contribution in [1.29, 1.82) is 0 Å². The molecule has 116 valence electrons. The van der Waals surface area contributed by atoms with Gasteiger partial charge in [-0.3, -0.25) is 9.59 Å². The smallest absolute Gasteiger partial charge is 0.330 e. The second kappa shape index (κ2) is 7.07. The Labute approximate surface area is 119 Å². The first-order chi connectivity index (χ1) is 9.74. The Balaban J connectivity index is 3.04. The van der Waals surface area contributed by atoms with E-state index in [0.29, 0.717) is 13.0 Å². The Bertz CT molecular complexity index is 530. The van der Waals surface area contributed by atoms with Crippen LogP contribution in [0.3, 0.4) is 0 Å². The summed E-state index contributed by atoms with van der Waals surface area (Å²) in [6.07, 6.45) is -4.03. The fourth-order valence-corrected chi connectivity index (χ4v) is 1.60. The van der Waals surface area contributed by atoms with Crippen molar-refractivity contribution in [2.45, 2.75) is 25.9 Å². The molecular formula is C13H16F3N3O2. The Morgan fingerprint density at radius 2 is 1.86 bits per heavy atom. The molecule has 0 saturated carbocycles. The van der Waals surface area contributed by atoms with E-state index in [1.807, 2.05) is 0 Å². The van der Waals surface area contributed by atoms with E-state index in [0.717, 1.165) is 18.2 Å². The minimum absolute atomic E-state index is 0.0895. The lowest BCUT2D eigenvalue weighted by molar-refractivity contribution is -0.137. The molecule has 0 aromatic heterocycles. The van der Waals surface area contributed by atoms with Crippen molar-refractivity contribution in [2.75, 3.05) is 17.2 Å². The van der Waals surface area contributed by atoms with Gasteiger partial charge < -0.3 is 16.4 Å². The van der Waals surface area contributed by atoms with Gasteiger partial charge in [-0.2, -0.15) is 13.2 Å². The molecule has 0 heterocycles. The molecule has 8 heteroatoms. The van der Waals surface area contributed by atoms with E-state index in [4.69, 9.17) is 5.73 Å². The lowest BCUT2D eigenvalue weighted by Gasteiger charge is -2.14. The van der Waals surface area contributed by atoms with Crippen LogP contribution in [0.4, 0.5) is 24.5 Å². The van der Waals surface area contributed by atoms with E-state index in [9.17, 15) is 22.8 Å². The molecule has 0 fully saturated rings. The van der Waals surface area contributed by atoms with E-state index in [2.05, 4.69) is 10.6 Å². The molecule has 0 aliphatic carbocycles. The zero-order valence-electron chi connectivity index (χ0n) is 11.4. The van der Waals surface area contributed by atoms with Gasteiger partial charge in [0.25, 0.3) is 0 Å². The van der Waals surface area contributed by atoms with Crippen LogP contribution in [0.25, 0.3) is 0 Å². The third kappa shape index (κ3) is 5.42. The molecule has 1 aromatic carbocycles. The summed E-state index contributed by atoms with van der Waals surface area (Å²) in [4.78, 5) is 22.7. The molecule has 1 aromatic rings. The molecule has 1 rings (SSSR count). The van der Waals surface area contributed by atoms with E-state index < -0.39 is 23.6 Å². The Morgan fingerprint density at radius 3 is 2.38 bits per heavy atom. The van der Waals surface area contributed by atoms with E-state index in [1.54, 1.807) is 0 Å². The van der Waals surface area contributed by atoms with Crippen molar-refractivity contribution < 1.29 is 22.8 Å². The van der Waals surface area contributed by atoms with E-state index in [-0.39, 0.29) is 17.8 Å². The largest absolute Gasteiger partial charge is 0.416 e. The quantitative estimate of drug-likeness (QED) is 0.780. The third-order valence-electron chi connectivity index (χ3n) is 2.54. The maximum Gasteiger partial charge on any atom is 0.416 e. The molecule has 0 unspecified atom stereocenters. The predicted molar refractivity (Wildman–Crippen MR) is 72.7 cm³/mol. The highest BCUT2D eigenvalue weighted by molar-refractivity contribution is 5.99. The summed E-state index contributed by atoms with van der Waals surface area (Å²) in [6, 6.07) is 2.72. The number of hydrogen-bond acceptors (Lipinski definition) is 3. The standard InChI is InChI=1S/C13H16F3N3O2/c1-8(20)18-10-5-4-9(13(14,15)16)7-11(10)19-12(21)3-2-6-17/h4-5,7H,2-3,6,17H2,1H3,(H,18,20)(H,19,21). The molecule has 0 spiro atoms. The molecular weight excluding hydrogens is 287 g/mol. The summed E-state index contributed by atoms with van der Waals surface area (Å²) in [5.74, 6) is -0.918. The third-order valence-corrected chi connectivity index (χ3v) is 2.54. The van der Waals surface area contributed by atoms with Crippen LogP contribution in [-0.4, -0.2) is 18.4 Å². The molecule has 2 amide bonds. The predicted octanol–water partition coefficient (Wildman–Crippen LogP) is 2.34. The van der Waals surface area contributed by atoms with Gasteiger partial charge in [0.15, 0.2) is 0 Å². The van der Waals surface area contributed by atoms with Crippen molar-refractivity contribution in [1.82, 2.24) is 0 Å².